The summed E-state index contributed by atoms with van der Waals surface area (Å²) in [6, 6.07) is 13.1. The number of amides is 1. The first-order chi connectivity index (χ1) is 27.2. The summed E-state index contributed by atoms with van der Waals surface area (Å²) in [6.07, 6.45) is 7.59. The van der Waals surface area contributed by atoms with Crippen LogP contribution in [0.4, 0.5) is 21.6 Å². The van der Waals surface area contributed by atoms with Crippen LogP contribution in [0.5, 0.6) is 5.75 Å². The fourth-order valence-electron chi connectivity index (χ4n) is 5.70. The SMILES string of the molecule is COCCOc1cc2ncnc(Nc3ccc(F)c(Cl)c3)c2cc1N(OC(=O)c1cccnc1)C(=O)C(OC(=O)c1cccnc1)=C1CCN(CCOC)CC1. The van der Waals surface area contributed by atoms with Crippen LogP contribution in [0, 0.1) is 5.82 Å². The van der Waals surface area contributed by atoms with Gasteiger partial charge in [0, 0.05) is 75.8 Å². The van der Waals surface area contributed by atoms with E-state index >= 15 is 4.79 Å². The van der Waals surface area contributed by atoms with Crippen molar-refractivity contribution in [3.05, 3.63) is 119 Å². The van der Waals surface area contributed by atoms with Gasteiger partial charge >= 0.3 is 17.8 Å². The van der Waals surface area contributed by atoms with Gasteiger partial charge in [-0.25, -0.2) is 23.9 Å². The molecule has 2 aromatic carbocycles. The number of piperidine rings is 1. The van der Waals surface area contributed by atoms with Crippen molar-refractivity contribution in [2.75, 3.05) is 64.1 Å². The van der Waals surface area contributed by atoms with Gasteiger partial charge in [-0.05, 0) is 66.9 Å². The number of hydrogen-bond acceptors (Lipinski definition) is 14. The molecule has 0 atom stereocenters. The zero-order chi connectivity index (χ0) is 39.4. The average molecular weight is 786 g/mol. The molecule has 4 heterocycles. The Labute approximate surface area is 325 Å². The van der Waals surface area contributed by atoms with E-state index in [0.717, 1.165) is 5.06 Å². The molecule has 0 radical (unpaired) electrons. The number of fused-ring (bicyclic) bond motifs is 1. The number of pyridine rings is 2. The maximum absolute atomic E-state index is 15.1. The van der Waals surface area contributed by atoms with Crippen molar-refractivity contribution >= 4 is 57.5 Å². The highest BCUT2D eigenvalue weighted by molar-refractivity contribution is 6.31. The van der Waals surface area contributed by atoms with Crippen molar-refractivity contribution in [2.24, 2.45) is 0 Å². The fraction of sp³-hybridized carbons (Fsp3) is 0.256. The summed E-state index contributed by atoms with van der Waals surface area (Å²) in [5.74, 6) is -3.42. The number of hydroxylamine groups is 1. The lowest BCUT2D eigenvalue weighted by molar-refractivity contribution is -0.123. The summed E-state index contributed by atoms with van der Waals surface area (Å²) >= 11 is 6.06. The second-order valence-electron chi connectivity index (χ2n) is 12.3. The molecule has 1 fully saturated rings. The number of rotatable bonds is 14. The fourth-order valence-corrected chi connectivity index (χ4v) is 5.88. The molecule has 0 spiro atoms. The minimum Gasteiger partial charge on any atom is -0.489 e. The third-order valence-electron chi connectivity index (χ3n) is 8.60. The molecule has 5 aromatic rings. The molecule has 1 saturated heterocycles. The normalized spacial score (nSPS) is 12.9. The predicted octanol–water partition coefficient (Wildman–Crippen LogP) is 5.94. The van der Waals surface area contributed by atoms with E-state index in [0.29, 0.717) is 61.2 Å². The zero-order valence-corrected chi connectivity index (χ0v) is 31.2. The van der Waals surface area contributed by atoms with Gasteiger partial charge in [-0.3, -0.25) is 14.8 Å². The van der Waals surface area contributed by atoms with Crippen molar-refractivity contribution in [2.45, 2.75) is 12.8 Å². The number of carbonyl (C=O) groups excluding carboxylic acids is 3. The maximum Gasteiger partial charge on any atom is 0.365 e. The highest BCUT2D eigenvalue weighted by Gasteiger charge is 2.34. The molecule has 3 aromatic heterocycles. The molecule has 15 nitrogen and oxygen atoms in total. The summed E-state index contributed by atoms with van der Waals surface area (Å²) < 4.78 is 36.5. The standard InChI is InChI=1S/C39H37ClFN7O8/c1-52-16-15-47-13-9-25(10-14-47)35(55-38(50)26-5-3-11-42-22-26)37(49)48(56-39(51)27-6-4-12-43-23-27)33-20-29-32(21-34(33)54-18-17-53-2)44-24-45-36(29)46-28-7-8-31(41)30(40)19-28/h3-8,11-12,19-24H,9-10,13-18H2,1-2H3,(H,44,45,46). The average Bonchev–Trinajstić information content (AvgIpc) is 3.23. The van der Waals surface area contributed by atoms with E-state index in [1.54, 1.807) is 13.2 Å². The first kappa shape index (κ1) is 39.6. The number of anilines is 3. The number of benzene rings is 2. The third kappa shape index (κ3) is 9.77. The van der Waals surface area contributed by atoms with Gasteiger partial charge in [0.05, 0.1) is 34.9 Å². The third-order valence-corrected chi connectivity index (χ3v) is 8.89. The highest BCUT2D eigenvalue weighted by Crippen LogP contribution is 2.38. The van der Waals surface area contributed by atoms with Crippen LogP contribution in [-0.2, 0) is 23.8 Å². The Morgan fingerprint density at radius 2 is 1.61 bits per heavy atom. The highest BCUT2D eigenvalue weighted by atomic mass is 35.5. The van der Waals surface area contributed by atoms with Crippen LogP contribution < -0.4 is 15.1 Å². The van der Waals surface area contributed by atoms with E-state index in [1.165, 1.54) is 86.8 Å². The van der Waals surface area contributed by atoms with Gasteiger partial charge in [-0.15, -0.1) is 5.06 Å². The van der Waals surface area contributed by atoms with Gasteiger partial charge in [0.15, 0.2) is 5.76 Å². The molecule has 56 heavy (non-hydrogen) atoms. The molecule has 290 valence electrons. The zero-order valence-electron chi connectivity index (χ0n) is 30.4. The van der Waals surface area contributed by atoms with Gasteiger partial charge in [-0.1, -0.05) is 11.6 Å². The number of carbonyl (C=O) groups is 3. The first-order valence-corrected chi connectivity index (χ1v) is 17.8. The molecule has 1 aliphatic heterocycles. The van der Waals surface area contributed by atoms with Crippen LogP contribution in [0.3, 0.4) is 0 Å². The number of nitrogens with one attached hydrogen (secondary N) is 1. The Kier molecular flexibility index (Phi) is 13.4. The molecule has 0 aliphatic carbocycles. The van der Waals surface area contributed by atoms with Crippen LogP contribution in [0.2, 0.25) is 5.02 Å². The number of hydrogen-bond donors (Lipinski definition) is 1. The number of ether oxygens (including phenoxy) is 4. The van der Waals surface area contributed by atoms with Crippen LogP contribution in [0.15, 0.2) is 97.0 Å². The van der Waals surface area contributed by atoms with E-state index < -0.39 is 23.7 Å². The first-order valence-electron chi connectivity index (χ1n) is 17.4. The monoisotopic (exact) mass is 785 g/mol. The molecular weight excluding hydrogens is 749 g/mol. The molecule has 0 unspecified atom stereocenters. The van der Waals surface area contributed by atoms with Crippen LogP contribution >= 0.6 is 11.6 Å². The number of halogens is 2. The molecule has 0 bridgehead atoms. The number of likely N-dealkylation sites (tertiary alicyclic amines) is 1. The number of aromatic nitrogens is 4. The Balaban J connectivity index is 1.50. The second-order valence-corrected chi connectivity index (χ2v) is 12.7. The topological polar surface area (TPSA) is 167 Å². The Hall–Kier alpha value is -6.07. The van der Waals surface area contributed by atoms with Gasteiger partial charge in [-0.2, -0.15) is 0 Å². The lowest BCUT2D eigenvalue weighted by Gasteiger charge is -2.30. The summed E-state index contributed by atoms with van der Waals surface area (Å²) in [5, 5.41) is 4.05. The lowest BCUT2D eigenvalue weighted by atomic mass is 10.0. The van der Waals surface area contributed by atoms with Crippen LogP contribution in [0.25, 0.3) is 10.9 Å². The van der Waals surface area contributed by atoms with E-state index in [1.807, 2.05) is 0 Å². The van der Waals surface area contributed by atoms with E-state index in [-0.39, 0.29) is 52.4 Å². The van der Waals surface area contributed by atoms with Gasteiger partial charge in [0.1, 0.15) is 36.0 Å². The van der Waals surface area contributed by atoms with Crippen LogP contribution in [0.1, 0.15) is 33.6 Å². The molecule has 1 N–H and O–H groups in total. The Bertz CT molecular complexity index is 2200. The summed E-state index contributed by atoms with van der Waals surface area (Å²) in [4.78, 5) is 67.3. The predicted molar refractivity (Wildman–Crippen MR) is 203 cm³/mol. The summed E-state index contributed by atoms with van der Waals surface area (Å²) in [5.41, 5.74) is 1.34. The quantitative estimate of drug-likeness (QED) is 0.0462. The number of nitrogens with zero attached hydrogens (tertiary/aromatic N) is 6. The molecule has 1 amide bonds. The summed E-state index contributed by atoms with van der Waals surface area (Å²) in [6.45, 7) is 2.45. The largest absolute Gasteiger partial charge is 0.489 e. The number of esters is 1. The molecular formula is C39H37ClFN7O8. The van der Waals surface area contributed by atoms with Crippen molar-refractivity contribution in [3.63, 3.8) is 0 Å². The van der Waals surface area contributed by atoms with Gasteiger partial charge in [0.25, 0.3) is 0 Å². The smallest absolute Gasteiger partial charge is 0.365 e. The Morgan fingerprint density at radius 1 is 0.893 bits per heavy atom. The van der Waals surface area contributed by atoms with E-state index in [4.69, 9.17) is 35.4 Å². The second kappa shape index (κ2) is 19.0. The lowest BCUT2D eigenvalue weighted by Crippen LogP contribution is -2.39. The minimum absolute atomic E-state index is 0.0269. The van der Waals surface area contributed by atoms with Crippen molar-refractivity contribution in [1.82, 2.24) is 24.8 Å². The molecule has 6 rings (SSSR count). The van der Waals surface area contributed by atoms with Crippen LogP contribution in [-0.4, -0.2) is 96.4 Å². The number of methoxy groups -OCH3 is 2. The molecule has 0 saturated carbocycles. The van der Waals surface area contributed by atoms with Crippen molar-refractivity contribution < 1.29 is 42.6 Å². The van der Waals surface area contributed by atoms with Crippen molar-refractivity contribution in [3.8, 4) is 5.75 Å². The van der Waals surface area contributed by atoms with Crippen molar-refractivity contribution in [1.29, 1.82) is 0 Å². The molecule has 1 aliphatic rings. The Morgan fingerprint density at radius 3 is 2.27 bits per heavy atom. The van der Waals surface area contributed by atoms with E-state index in [9.17, 15) is 14.0 Å². The summed E-state index contributed by atoms with van der Waals surface area (Å²) in [7, 11) is 3.12. The maximum atomic E-state index is 15.1. The van der Waals surface area contributed by atoms with Gasteiger partial charge < -0.3 is 34.0 Å². The molecule has 17 heteroatoms. The van der Waals surface area contributed by atoms with E-state index in [2.05, 4.69) is 30.2 Å². The minimum atomic E-state index is -0.979. The van der Waals surface area contributed by atoms with Gasteiger partial charge in [0.2, 0.25) is 0 Å².